The highest BCUT2D eigenvalue weighted by Gasteiger charge is 2.21. The van der Waals surface area contributed by atoms with Crippen LogP contribution in [0.15, 0.2) is 6.07 Å². The van der Waals surface area contributed by atoms with Crippen molar-refractivity contribution in [1.82, 2.24) is 14.9 Å². The van der Waals surface area contributed by atoms with E-state index < -0.39 is 0 Å². The van der Waals surface area contributed by atoms with Crippen molar-refractivity contribution in [2.24, 2.45) is 0 Å². The molecule has 6 nitrogen and oxygen atoms in total. The third-order valence-corrected chi connectivity index (χ3v) is 3.17. The molecule has 0 bridgehead atoms. The van der Waals surface area contributed by atoms with Crippen molar-refractivity contribution < 1.29 is 4.79 Å². The van der Waals surface area contributed by atoms with Gasteiger partial charge in [-0.3, -0.25) is 4.79 Å². The van der Waals surface area contributed by atoms with Crippen LogP contribution in [0.5, 0.6) is 0 Å². The average molecular weight is 293 g/mol. The van der Waals surface area contributed by atoms with Gasteiger partial charge in [0.1, 0.15) is 17.5 Å². The zero-order chi connectivity index (χ0) is 16.2. The highest BCUT2D eigenvalue weighted by molar-refractivity contribution is 5.80. The number of carbonyl (C=O) groups excluding carboxylic acids is 1. The summed E-state index contributed by atoms with van der Waals surface area (Å²) in [6, 6.07) is 1.88. The van der Waals surface area contributed by atoms with Gasteiger partial charge in [-0.25, -0.2) is 9.97 Å². The highest BCUT2D eigenvalue weighted by Crippen LogP contribution is 2.23. The molecular weight excluding hydrogens is 266 g/mol. The van der Waals surface area contributed by atoms with Gasteiger partial charge in [0.2, 0.25) is 5.91 Å². The Balaban J connectivity index is 3.17. The molecule has 0 saturated carbocycles. The maximum Gasteiger partial charge on any atom is 0.241 e. The van der Waals surface area contributed by atoms with Gasteiger partial charge in [-0.2, -0.15) is 0 Å². The van der Waals surface area contributed by atoms with E-state index in [-0.39, 0.29) is 11.3 Å². The topological polar surface area (TPSA) is 61.4 Å². The molecule has 0 spiro atoms. The molecule has 0 fully saturated rings. The Hall–Kier alpha value is -1.85. The van der Waals surface area contributed by atoms with Crippen LogP contribution < -0.4 is 10.2 Å². The number of likely N-dealkylation sites (N-methyl/N-ethyl adjacent to an activating group) is 2. The number of nitrogens with zero attached hydrogens (tertiary/aromatic N) is 4. The van der Waals surface area contributed by atoms with Crippen LogP contribution in [-0.4, -0.2) is 55.0 Å². The molecule has 1 rings (SSSR count). The zero-order valence-electron chi connectivity index (χ0n) is 14.2. The van der Waals surface area contributed by atoms with Crippen LogP contribution in [0.1, 0.15) is 33.5 Å². The van der Waals surface area contributed by atoms with Gasteiger partial charge in [-0.1, -0.05) is 20.8 Å². The Morgan fingerprint density at radius 3 is 2.33 bits per heavy atom. The molecule has 6 heteroatoms. The molecule has 1 aromatic rings. The normalized spacial score (nSPS) is 11.2. The number of rotatable bonds is 5. The lowest BCUT2D eigenvalue weighted by Gasteiger charge is -2.26. The number of nitrogens with one attached hydrogen (secondary N) is 1. The summed E-state index contributed by atoms with van der Waals surface area (Å²) in [5, 5.41) is 3.06. The molecule has 0 atom stereocenters. The molecule has 1 heterocycles. The Bertz CT molecular complexity index is 493. The summed E-state index contributed by atoms with van der Waals surface area (Å²) in [6.45, 7) is 9.27. The molecule has 0 aliphatic rings. The first-order chi connectivity index (χ1) is 9.68. The molecule has 0 aliphatic carbocycles. The Labute approximate surface area is 127 Å². The van der Waals surface area contributed by atoms with E-state index >= 15 is 0 Å². The molecule has 0 aliphatic heterocycles. The molecule has 0 radical (unpaired) electrons. The summed E-state index contributed by atoms with van der Waals surface area (Å²) in [4.78, 5) is 24.6. The third-order valence-electron chi connectivity index (χ3n) is 3.17. The van der Waals surface area contributed by atoms with Crippen molar-refractivity contribution in [2.75, 3.05) is 44.4 Å². The predicted octanol–water partition coefficient (Wildman–Crippen LogP) is 1.73. The lowest BCUT2D eigenvalue weighted by atomic mass is 9.96. The maximum absolute atomic E-state index is 11.9. The van der Waals surface area contributed by atoms with E-state index in [1.807, 2.05) is 24.9 Å². The highest BCUT2D eigenvalue weighted by atomic mass is 16.2. The van der Waals surface area contributed by atoms with E-state index in [1.165, 1.54) is 0 Å². The van der Waals surface area contributed by atoms with Gasteiger partial charge in [0.15, 0.2) is 0 Å². The van der Waals surface area contributed by atoms with Gasteiger partial charge in [0.05, 0.1) is 6.54 Å². The molecule has 0 aromatic carbocycles. The first-order valence-corrected chi connectivity index (χ1v) is 7.21. The number of amides is 1. The first-order valence-electron chi connectivity index (χ1n) is 7.21. The molecule has 1 N–H and O–H groups in total. The van der Waals surface area contributed by atoms with Crippen LogP contribution in [-0.2, 0) is 10.2 Å². The summed E-state index contributed by atoms with van der Waals surface area (Å²) in [7, 11) is 5.35. The molecule has 0 unspecified atom stereocenters. The van der Waals surface area contributed by atoms with Gasteiger partial charge in [-0.15, -0.1) is 0 Å². The van der Waals surface area contributed by atoms with E-state index in [4.69, 9.17) is 0 Å². The minimum absolute atomic E-state index is 0.0544. The van der Waals surface area contributed by atoms with Gasteiger partial charge in [0, 0.05) is 39.2 Å². The maximum atomic E-state index is 11.9. The number of hydrogen-bond acceptors (Lipinski definition) is 5. The van der Waals surface area contributed by atoms with Crippen LogP contribution in [0, 0.1) is 0 Å². The molecule has 21 heavy (non-hydrogen) atoms. The summed E-state index contributed by atoms with van der Waals surface area (Å²) in [5.74, 6) is 2.36. The second-order valence-electron chi connectivity index (χ2n) is 6.24. The van der Waals surface area contributed by atoms with E-state index in [1.54, 1.807) is 19.0 Å². The van der Waals surface area contributed by atoms with Crippen LogP contribution in [0.4, 0.5) is 11.6 Å². The van der Waals surface area contributed by atoms with Crippen molar-refractivity contribution in [3.05, 3.63) is 11.9 Å². The summed E-state index contributed by atoms with van der Waals surface area (Å²) in [6.07, 6.45) is 0. The quantitative estimate of drug-likeness (QED) is 0.896. The lowest BCUT2D eigenvalue weighted by Crippen LogP contribution is -2.37. The summed E-state index contributed by atoms with van der Waals surface area (Å²) < 4.78 is 0. The number of carbonyl (C=O) groups is 1. The SMILES string of the molecule is CCN(CC(=O)N(C)C)c1cc(NC)nc(C(C)(C)C)n1. The van der Waals surface area contributed by atoms with Crippen LogP contribution in [0.3, 0.4) is 0 Å². The summed E-state index contributed by atoms with van der Waals surface area (Å²) in [5.41, 5.74) is -0.146. The van der Waals surface area contributed by atoms with Crippen molar-refractivity contribution >= 4 is 17.5 Å². The van der Waals surface area contributed by atoms with Crippen molar-refractivity contribution in [3.63, 3.8) is 0 Å². The van der Waals surface area contributed by atoms with Gasteiger partial charge >= 0.3 is 0 Å². The summed E-state index contributed by atoms with van der Waals surface area (Å²) >= 11 is 0. The fraction of sp³-hybridized carbons (Fsp3) is 0.667. The van der Waals surface area contributed by atoms with Crippen molar-refractivity contribution in [2.45, 2.75) is 33.1 Å². The van der Waals surface area contributed by atoms with E-state index in [9.17, 15) is 4.79 Å². The minimum atomic E-state index is -0.146. The molecule has 1 amide bonds. The van der Waals surface area contributed by atoms with Crippen LogP contribution in [0.2, 0.25) is 0 Å². The smallest absolute Gasteiger partial charge is 0.241 e. The standard InChI is InChI=1S/C15H27N5O/c1-8-20(10-13(21)19(6)7)12-9-11(16-5)17-14(18-12)15(2,3)4/h9H,8,10H2,1-7H3,(H,16,17,18). The molecule has 1 aromatic heterocycles. The third kappa shape index (κ3) is 4.58. The zero-order valence-corrected chi connectivity index (χ0v) is 14.2. The number of anilines is 2. The van der Waals surface area contributed by atoms with Crippen LogP contribution in [0.25, 0.3) is 0 Å². The average Bonchev–Trinajstić information content (AvgIpc) is 2.42. The minimum Gasteiger partial charge on any atom is -0.373 e. The Morgan fingerprint density at radius 1 is 1.29 bits per heavy atom. The van der Waals surface area contributed by atoms with Gasteiger partial charge in [0.25, 0.3) is 0 Å². The Kier molecular flexibility index (Phi) is 5.52. The fourth-order valence-corrected chi connectivity index (χ4v) is 1.72. The van der Waals surface area contributed by atoms with Crippen LogP contribution >= 0.6 is 0 Å². The first kappa shape index (κ1) is 17.2. The van der Waals surface area contributed by atoms with E-state index in [0.717, 1.165) is 17.5 Å². The Morgan fingerprint density at radius 2 is 1.90 bits per heavy atom. The fourth-order valence-electron chi connectivity index (χ4n) is 1.72. The second-order valence-corrected chi connectivity index (χ2v) is 6.24. The largest absolute Gasteiger partial charge is 0.373 e. The van der Waals surface area contributed by atoms with Gasteiger partial charge in [-0.05, 0) is 6.92 Å². The van der Waals surface area contributed by atoms with Crippen molar-refractivity contribution in [3.8, 4) is 0 Å². The van der Waals surface area contributed by atoms with Gasteiger partial charge < -0.3 is 15.1 Å². The van der Waals surface area contributed by atoms with E-state index in [2.05, 4.69) is 36.1 Å². The second kappa shape index (κ2) is 6.74. The molecule has 118 valence electrons. The molecular formula is C15H27N5O. The molecule has 0 saturated heterocycles. The predicted molar refractivity (Wildman–Crippen MR) is 86.9 cm³/mol. The number of aromatic nitrogens is 2. The van der Waals surface area contributed by atoms with E-state index in [0.29, 0.717) is 13.1 Å². The monoisotopic (exact) mass is 293 g/mol. The lowest BCUT2D eigenvalue weighted by molar-refractivity contribution is -0.127. The number of hydrogen-bond donors (Lipinski definition) is 1. The van der Waals surface area contributed by atoms with Crippen molar-refractivity contribution in [1.29, 1.82) is 0 Å².